The summed E-state index contributed by atoms with van der Waals surface area (Å²) in [5.74, 6) is 1.36. The van der Waals surface area contributed by atoms with Crippen molar-refractivity contribution in [2.45, 2.75) is 45.6 Å². The van der Waals surface area contributed by atoms with Crippen LogP contribution in [-0.2, 0) is 11.3 Å². The van der Waals surface area contributed by atoms with Gasteiger partial charge < -0.3 is 9.64 Å². The van der Waals surface area contributed by atoms with Crippen molar-refractivity contribution in [2.24, 2.45) is 0 Å². The van der Waals surface area contributed by atoms with E-state index in [1.807, 2.05) is 36.4 Å². The van der Waals surface area contributed by atoms with Gasteiger partial charge in [0, 0.05) is 10.6 Å². The smallest absolute Gasteiger partial charge is 0.251 e. The van der Waals surface area contributed by atoms with E-state index in [2.05, 4.69) is 6.92 Å². The average molecular weight is 370 g/mol. The van der Waals surface area contributed by atoms with Gasteiger partial charge in [-0.3, -0.25) is 4.79 Å². The number of rotatable bonds is 6. The molecule has 0 N–H and O–H groups in total. The van der Waals surface area contributed by atoms with Crippen molar-refractivity contribution in [1.29, 1.82) is 0 Å². The van der Waals surface area contributed by atoms with E-state index in [-0.39, 0.29) is 5.91 Å². The van der Waals surface area contributed by atoms with Crippen LogP contribution in [0.5, 0.6) is 11.5 Å². The molecule has 0 bridgehead atoms. The van der Waals surface area contributed by atoms with Crippen LogP contribution in [-0.4, -0.2) is 5.91 Å². The zero-order chi connectivity index (χ0) is 18.4. The van der Waals surface area contributed by atoms with Gasteiger partial charge in [-0.25, -0.2) is 0 Å². The molecule has 3 nitrogen and oxygen atoms in total. The van der Waals surface area contributed by atoms with Crippen molar-refractivity contribution in [3.8, 4) is 11.5 Å². The molecule has 136 valence electrons. The molecule has 2 aromatic rings. The van der Waals surface area contributed by atoms with E-state index in [1.165, 1.54) is 19.3 Å². The number of ether oxygens (including phenoxy) is 1. The molecule has 0 radical (unpaired) electrons. The van der Waals surface area contributed by atoms with Crippen LogP contribution < -0.4 is 9.64 Å². The summed E-state index contributed by atoms with van der Waals surface area (Å²) in [5.41, 5.74) is 1.68. The van der Waals surface area contributed by atoms with Gasteiger partial charge in [0.15, 0.2) is 5.75 Å². The van der Waals surface area contributed by atoms with Gasteiger partial charge in [-0.1, -0.05) is 62.1 Å². The Morgan fingerprint density at radius 2 is 2.00 bits per heavy atom. The van der Waals surface area contributed by atoms with Crippen molar-refractivity contribution < 1.29 is 9.53 Å². The molecule has 0 spiro atoms. The Hall–Kier alpha value is -2.26. The predicted octanol–water partition coefficient (Wildman–Crippen LogP) is 6.51. The maximum atomic E-state index is 12.9. The largest absolute Gasteiger partial charge is 0.455 e. The van der Waals surface area contributed by atoms with Gasteiger partial charge in [0.2, 0.25) is 0 Å². The summed E-state index contributed by atoms with van der Waals surface area (Å²) in [7, 11) is 0. The minimum Gasteiger partial charge on any atom is -0.455 e. The minimum atomic E-state index is -0.0516. The van der Waals surface area contributed by atoms with Crippen LogP contribution in [0.4, 0.5) is 5.69 Å². The SMILES string of the molecule is CCCCCC/C=C/C(=O)N1Cc2ccccc2Oc2ccc(Cl)cc21. The number of hydrogen-bond acceptors (Lipinski definition) is 2. The Balaban J connectivity index is 1.82. The molecule has 1 amide bonds. The van der Waals surface area contributed by atoms with Crippen LogP contribution in [0.25, 0.3) is 0 Å². The molecule has 3 rings (SSSR count). The van der Waals surface area contributed by atoms with E-state index in [0.29, 0.717) is 23.0 Å². The summed E-state index contributed by atoms with van der Waals surface area (Å²) in [6.07, 6.45) is 9.35. The second-order valence-electron chi connectivity index (χ2n) is 6.50. The topological polar surface area (TPSA) is 29.5 Å². The van der Waals surface area contributed by atoms with Gasteiger partial charge in [-0.2, -0.15) is 0 Å². The lowest BCUT2D eigenvalue weighted by Crippen LogP contribution is -2.28. The molecule has 1 aliphatic rings. The summed E-state index contributed by atoms with van der Waals surface area (Å²) < 4.78 is 6.03. The number of allylic oxidation sites excluding steroid dienone is 1. The van der Waals surface area contributed by atoms with E-state index in [1.54, 1.807) is 23.1 Å². The second-order valence-corrected chi connectivity index (χ2v) is 6.93. The van der Waals surface area contributed by atoms with Gasteiger partial charge >= 0.3 is 0 Å². The van der Waals surface area contributed by atoms with E-state index >= 15 is 0 Å². The first-order valence-corrected chi connectivity index (χ1v) is 9.60. The Bertz CT molecular complexity index is 800. The lowest BCUT2D eigenvalue weighted by atomic mass is 10.1. The fourth-order valence-electron chi connectivity index (χ4n) is 3.06. The Morgan fingerprint density at radius 3 is 2.85 bits per heavy atom. The third-order valence-corrected chi connectivity index (χ3v) is 4.72. The highest BCUT2D eigenvalue weighted by Crippen LogP contribution is 2.40. The quantitative estimate of drug-likeness (QED) is 0.429. The van der Waals surface area contributed by atoms with Gasteiger partial charge in [-0.15, -0.1) is 0 Å². The normalized spacial score (nSPS) is 13.1. The Labute approximate surface area is 160 Å². The van der Waals surface area contributed by atoms with Gasteiger partial charge in [0.05, 0.1) is 12.2 Å². The Kier molecular flexibility index (Phi) is 6.35. The fraction of sp³-hybridized carbons (Fsp3) is 0.318. The Morgan fingerprint density at radius 1 is 1.15 bits per heavy atom. The average Bonchev–Trinajstić information content (AvgIpc) is 2.81. The highest BCUT2D eigenvalue weighted by molar-refractivity contribution is 6.31. The zero-order valence-electron chi connectivity index (χ0n) is 15.1. The molecule has 26 heavy (non-hydrogen) atoms. The lowest BCUT2D eigenvalue weighted by molar-refractivity contribution is -0.114. The molecule has 1 aliphatic heterocycles. The number of amides is 1. The summed E-state index contributed by atoms with van der Waals surface area (Å²) in [4.78, 5) is 14.6. The molecular formula is C22H24ClNO2. The number of benzene rings is 2. The van der Waals surface area contributed by atoms with Crippen LogP contribution in [0.2, 0.25) is 5.02 Å². The highest BCUT2D eigenvalue weighted by atomic mass is 35.5. The molecule has 0 unspecified atom stereocenters. The molecule has 0 aromatic heterocycles. The van der Waals surface area contributed by atoms with Crippen LogP contribution >= 0.6 is 11.6 Å². The molecule has 0 saturated heterocycles. The van der Waals surface area contributed by atoms with E-state index in [4.69, 9.17) is 16.3 Å². The summed E-state index contributed by atoms with van der Waals surface area (Å²) >= 11 is 6.17. The molecule has 0 fully saturated rings. The molecule has 0 aliphatic carbocycles. The minimum absolute atomic E-state index is 0.0516. The number of carbonyl (C=O) groups is 1. The third-order valence-electron chi connectivity index (χ3n) is 4.48. The number of para-hydroxylation sites is 1. The number of halogens is 1. The molecule has 4 heteroatoms. The summed E-state index contributed by atoms with van der Waals surface area (Å²) in [5, 5.41) is 0.583. The monoisotopic (exact) mass is 369 g/mol. The summed E-state index contributed by atoms with van der Waals surface area (Å²) in [6.45, 7) is 2.66. The number of hydrogen-bond donors (Lipinski definition) is 0. The van der Waals surface area contributed by atoms with Crippen molar-refractivity contribution in [2.75, 3.05) is 4.90 Å². The first-order chi connectivity index (χ1) is 12.7. The molecule has 1 heterocycles. The molecule has 0 saturated carbocycles. The third kappa shape index (κ3) is 4.47. The number of anilines is 1. The predicted molar refractivity (Wildman–Crippen MR) is 107 cm³/mol. The standard InChI is InChI=1S/C22H24ClNO2/c1-2-3-4-5-6-7-12-22(25)24-16-17-10-8-9-11-20(17)26-21-14-13-18(23)15-19(21)24/h7-15H,2-6,16H2,1H3/b12-7+. The van der Waals surface area contributed by atoms with Crippen LogP contribution in [0.1, 0.15) is 44.6 Å². The van der Waals surface area contributed by atoms with E-state index in [9.17, 15) is 4.79 Å². The van der Waals surface area contributed by atoms with Crippen molar-refractivity contribution >= 4 is 23.2 Å². The first-order valence-electron chi connectivity index (χ1n) is 9.22. The van der Waals surface area contributed by atoms with Crippen molar-refractivity contribution in [3.63, 3.8) is 0 Å². The molecule has 2 aromatic carbocycles. The number of fused-ring (bicyclic) bond motifs is 2. The molecule has 0 atom stereocenters. The maximum absolute atomic E-state index is 12.9. The van der Waals surface area contributed by atoms with Crippen LogP contribution in [0.3, 0.4) is 0 Å². The van der Waals surface area contributed by atoms with Gasteiger partial charge in [0.1, 0.15) is 5.75 Å². The van der Waals surface area contributed by atoms with Gasteiger partial charge in [-0.05, 0) is 43.2 Å². The first kappa shape index (κ1) is 18.5. The van der Waals surface area contributed by atoms with E-state index in [0.717, 1.165) is 24.2 Å². The number of unbranched alkanes of at least 4 members (excludes halogenated alkanes) is 4. The lowest BCUT2D eigenvalue weighted by Gasteiger charge is -2.20. The maximum Gasteiger partial charge on any atom is 0.251 e. The number of carbonyl (C=O) groups excluding carboxylic acids is 1. The number of nitrogens with zero attached hydrogens (tertiary/aromatic N) is 1. The van der Waals surface area contributed by atoms with Crippen LogP contribution in [0.15, 0.2) is 54.6 Å². The van der Waals surface area contributed by atoms with Crippen molar-refractivity contribution in [3.05, 3.63) is 65.2 Å². The highest BCUT2D eigenvalue weighted by Gasteiger charge is 2.24. The van der Waals surface area contributed by atoms with Crippen molar-refractivity contribution in [1.82, 2.24) is 0 Å². The van der Waals surface area contributed by atoms with E-state index < -0.39 is 0 Å². The second kappa shape index (κ2) is 8.91. The van der Waals surface area contributed by atoms with Crippen LogP contribution in [0, 0.1) is 0 Å². The zero-order valence-corrected chi connectivity index (χ0v) is 15.8. The fourth-order valence-corrected chi connectivity index (χ4v) is 3.22. The van der Waals surface area contributed by atoms with Gasteiger partial charge in [0.25, 0.3) is 5.91 Å². The molecular weight excluding hydrogens is 346 g/mol. The summed E-state index contributed by atoms with van der Waals surface area (Å²) in [6, 6.07) is 13.2.